The number of guanidine groups is 1. The van der Waals surface area contributed by atoms with Crippen LogP contribution in [0.3, 0.4) is 0 Å². The van der Waals surface area contributed by atoms with Gasteiger partial charge in [0.2, 0.25) is 59.1 Å². The lowest BCUT2D eigenvalue weighted by Crippen LogP contribution is -2.60. The third kappa shape index (κ3) is 20.6. The molecule has 0 spiro atoms. The minimum Gasteiger partial charge on any atom is -0.370 e. The maximum Gasteiger partial charge on any atom is 0.243 e. The summed E-state index contributed by atoms with van der Waals surface area (Å²) in [5.41, 5.74) is 19.2. The number of aromatic nitrogens is 3. The van der Waals surface area contributed by atoms with Gasteiger partial charge >= 0.3 is 0 Å². The molecule has 0 aliphatic carbocycles. The van der Waals surface area contributed by atoms with E-state index in [1.165, 1.54) is 19.4 Å². The second kappa shape index (κ2) is 31.4. The SMILES string of the molecule is CCCC[C@H](NC(C)=O)C(=O)N[C@H]1CC(=O)NCCCC[C@@H](C(N)=O)NC(=O)CCNC(=O)[C@@H](Cc2c[nH]c3ccccc23)NC(=O)[C@H](CCCN=C(N)N)NC(=O)[C@@H](Cc2ccccc2)NC(=O)[C@H](Cc2cnc[nH]2)NC1=O. The van der Waals surface area contributed by atoms with Crippen LogP contribution in [0.1, 0.15) is 94.9 Å². The van der Waals surface area contributed by atoms with Gasteiger partial charge in [-0.25, -0.2) is 4.98 Å². The Morgan fingerprint density at radius 3 is 2.08 bits per heavy atom. The first-order valence-electron chi connectivity index (χ1n) is 26.4. The standard InChI is InChI=1S/C53H74N16O10/c1-3-4-16-38(63-31(2)70)48(75)69-43-27-45(72)58-21-11-10-18-37(46(54)73)64-44(71)20-23-59-47(74)41(25-33-28-61-36-17-9-8-15-35(33)36)67-49(76)39(19-12-22-60-53(55)56)65-50(77)40(24-32-13-6-5-7-14-32)66-51(78)42(68-52(43)79)26-34-29-57-30-62-34/h5-9,13-15,17,28-30,37-43,61H,3-4,10-12,16,18-27H2,1-2H3,(H2,54,73)(H,57,62)(H,58,72)(H,59,74)(H,63,70)(H,64,71)(H,65,77)(H,66,78)(H,67,76)(H,68,79)(H,69,75)(H4,55,56,60)/t37-,38-,39-,40+,41+,42-,43-/m0/s1. The number of carbonyl (C=O) groups excluding carboxylic acids is 10. The predicted molar refractivity (Wildman–Crippen MR) is 291 cm³/mol. The number of nitrogens with zero attached hydrogens (tertiary/aromatic N) is 2. The summed E-state index contributed by atoms with van der Waals surface area (Å²) in [6.45, 7) is 3.01. The first-order valence-corrected chi connectivity index (χ1v) is 26.4. The number of H-pyrrole nitrogens is 2. The molecule has 7 atom stereocenters. The first-order chi connectivity index (χ1) is 37.9. The van der Waals surface area contributed by atoms with Crippen LogP contribution in [0, 0.1) is 0 Å². The minimum atomic E-state index is -1.61. The molecule has 0 saturated carbocycles. The van der Waals surface area contributed by atoms with Crippen molar-refractivity contribution in [1.29, 1.82) is 0 Å². The lowest BCUT2D eigenvalue weighted by Gasteiger charge is -2.28. The van der Waals surface area contributed by atoms with E-state index in [-0.39, 0.29) is 83.4 Å². The quantitative estimate of drug-likeness (QED) is 0.0318. The molecule has 1 aliphatic heterocycles. The van der Waals surface area contributed by atoms with Gasteiger partial charge in [0.15, 0.2) is 5.96 Å². The summed E-state index contributed by atoms with van der Waals surface area (Å²) in [5.74, 6) is -7.74. The van der Waals surface area contributed by atoms with Crippen LogP contribution < -0.4 is 65.1 Å². The molecule has 0 radical (unpaired) electrons. The van der Waals surface area contributed by atoms with E-state index in [0.29, 0.717) is 36.1 Å². The molecule has 79 heavy (non-hydrogen) atoms. The van der Waals surface area contributed by atoms with Crippen LogP contribution in [-0.2, 0) is 67.2 Å². The van der Waals surface area contributed by atoms with Crippen molar-refractivity contribution in [1.82, 2.24) is 62.8 Å². The maximum atomic E-state index is 14.8. The molecule has 26 nitrogen and oxygen atoms in total. The average molecular weight is 1100 g/mol. The van der Waals surface area contributed by atoms with E-state index in [4.69, 9.17) is 17.2 Å². The monoisotopic (exact) mass is 1090 g/mol. The van der Waals surface area contributed by atoms with Crippen molar-refractivity contribution in [2.45, 2.75) is 140 Å². The lowest BCUT2D eigenvalue weighted by atomic mass is 10.0. The fourth-order valence-corrected chi connectivity index (χ4v) is 8.81. The van der Waals surface area contributed by atoms with Crippen LogP contribution >= 0.6 is 0 Å². The molecular formula is C53H74N16O10. The van der Waals surface area contributed by atoms with E-state index < -0.39 is 108 Å². The van der Waals surface area contributed by atoms with Crippen LogP contribution in [0.5, 0.6) is 0 Å². The predicted octanol–water partition coefficient (Wildman–Crippen LogP) is -1.74. The minimum absolute atomic E-state index is 0.0396. The number of hydrogen-bond acceptors (Lipinski definition) is 12. The topological polar surface area (TPSA) is 414 Å². The van der Waals surface area contributed by atoms with Gasteiger partial charge in [0.25, 0.3) is 0 Å². The summed E-state index contributed by atoms with van der Waals surface area (Å²) in [7, 11) is 0. The number of benzene rings is 2. The normalized spacial score (nSPS) is 21.3. The average Bonchev–Trinajstić information content (AvgIpc) is 4.14. The van der Waals surface area contributed by atoms with Crippen LogP contribution in [0.2, 0.25) is 0 Å². The molecule has 5 rings (SSSR count). The number of rotatable bonds is 17. The zero-order valence-electron chi connectivity index (χ0n) is 44.5. The molecule has 2 aromatic heterocycles. The Bertz CT molecular complexity index is 2750. The number of amides is 10. The van der Waals surface area contributed by atoms with Gasteiger partial charge in [-0.1, -0.05) is 68.3 Å². The van der Waals surface area contributed by atoms with Crippen molar-refractivity contribution in [3.63, 3.8) is 0 Å². The fourth-order valence-electron chi connectivity index (χ4n) is 8.81. The lowest BCUT2D eigenvalue weighted by molar-refractivity contribution is -0.136. The molecule has 0 unspecified atom stereocenters. The summed E-state index contributed by atoms with van der Waals surface area (Å²) in [6.07, 6.45) is 5.36. The number of carbonyl (C=O) groups is 10. The highest BCUT2D eigenvalue weighted by molar-refractivity contribution is 5.99. The number of imidazole rings is 1. The molecule has 0 bridgehead atoms. The van der Waals surface area contributed by atoms with Gasteiger partial charge in [0.1, 0.15) is 42.3 Å². The largest absolute Gasteiger partial charge is 0.370 e. The molecule has 2 aromatic carbocycles. The zero-order valence-corrected chi connectivity index (χ0v) is 44.5. The van der Waals surface area contributed by atoms with Crippen molar-refractivity contribution in [2.24, 2.45) is 22.2 Å². The number of unbranched alkanes of at least 4 members (excludes halogenated alkanes) is 1. The number of primary amides is 1. The van der Waals surface area contributed by atoms with Crippen molar-refractivity contribution < 1.29 is 47.9 Å². The highest BCUT2D eigenvalue weighted by Gasteiger charge is 2.35. The molecule has 26 heteroatoms. The second-order valence-electron chi connectivity index (χ2n) is 19.3. The highest BCUT2D eigenvalue weighted by Crippen LogP contribution is 2.20. The van der Waals surface area contributed by atoms with E-state index in [2.05, 4.69) is 67.8 Å². The van der Waals surface area contributed by atoms with E-state index in [9.17, 15) is 47.9 Å². The Morgan fingerprint density at radius 2 is 1.39 bits per heavy atom. The van der Waals surface area contributed by atoms with Gasteiger partial charge in [-0.3, -0.25) is 52.9 Å². The number of aromatic amines is 2. The fraction of sp³-hybridized carbons (Fsp3) is 0.472. The molecule has 1 saturated heterocycles. The zero-order chi connectivity index (χ0) is 57.3. The summed E-state index contributed by atoms with van der Waals surface area (Å²) in [6, 6.07) is 6.65. The number of aliphatic imine (C=N–C) groups is 1. The van der Waals surface area contributed by atoms with Crippen LogP contribution in [-0.4, -0.2) is 142 Å². The molecular weight excluding hydrogens is 1020 g/mol. The van der Waals surface area contributed by atoms with Crippen LogP contribution in [0.4, 0.5) is 0 Å². The number of fused-ring (bicyclic) bond motifs is 1. The van der Waals surface area contributed by atoms with Gasteiger partial charge in [0.05, 0.1) is 12.7 Å². The van der Waals surface area contributed by atoms with E-state index in [1.54, 1.807) is 36.5 Å². The number of para-hydroxylation sites is 1. The molecule has 10 amide bonds. The van der Waals surface area contributed by atoms with E-state index >= 15 is 0 Å². The Hall–Kier alpha value is -8.84. The van der Waals surface area contributed by atoms with Crippen LogP contribution in [0.15, 0.2) is 78.3 Å². The summed E-state index contributed by atoms with van der Waals surface area (Å²) < 4.78 is 0. The van der Waals surface area contributed by atoms with Gasteiger partial charge in [-0.15, -0.1) is 0 Å². The molecule has 1 fully saturated rings. The summed E-state index contributed by atoms with van der Waals surface area (Å²) >= 11 is 0. The second-order valence-corrected chi connectivity index (χ2v) is 19.3. The third-order valence-electron chi connectivity index (χ3n) is 13.0. The molecule has 17 N–H and O–H groups in total. The molecule has 426 valence electrons. The van der Waals surface area contributed by atoms with Gasteiger partial charge in [-0.2, -0.15) is 0 Å². The Kier molecular flexibility index (Phi) is 24.3. The van der Waals surface area contributed by atoms with Crippen molar-refractivity contribution in [2.75, 3.05) is 19.6 Å². The molecule has 4 aromatic rings. The van der Waals surface area contributed by atoms with E-state index in [1.807, 2.05) is 31.2 Å². The number of nitrogens with two attached hydrogens (primary N) is 3. The smallest absolute Gasteiger partial charge is 0.243 e. The Balaban J connectivity index is 1.54. The molecule has 3 heterocycles. The van der Waals surface area contributed by atoms with Crippen molar-refractivity contribution in [3.8, 4) is 0 Å². The summed E-state index contributed by atoms with van der Waals surface area (Å²) in [4.78, 5) is 152. The van der Waals surface area contributed by atoms with E-state index in [0.717, 1.165) is 10.9 Å². The highest BCUT2D eigenvalue weighted by atomic mass is 16.2. The Morgan fingerprint density at radius 1 is 0.722 bits per heavy atom. The van der Waals surface area contributed by atoms with Gasteiger partial charge in [-0.05, 0) is 55.7 Å². The number of nitrogens with one attached hydrogen (secondary N) is 11. The summed E-state index contributed by atoms with van der Waals surface area (Å²) in [5, 5.41) is 24.9. The number of hydrogen-bond donors (Lipinski definition) is 14. The van der Waals surface area contributed by atoms with Gasteiger partial charge < -0.3 is 75.0 Å². The van der Waals surface area contributed by atoms with Crippen molar-refractivity contribution in [3.05, 3.63) is 90.1 Å². The Labute approximate surface area is 456 Å². The van der Waals surface area contributed by atoms with Gasteiger partial charge in [0, 0.05) is 81.2 Å². The third-order valence-corrected chi connectivity index (χ3v) is 13.0. The molecule has 1 aliphatic rings. The van der Waals surface area contributed by atoms with Crippen LogP contribution in [0.25, 0.3) is 10.9 Å². The van der Waals surface area contributed by atoms with Crippen molar-refractivity contribution >= 4 is 75.9 Å². The maximum absolute atomic E-state index is 14.8. The first kappa shape index (κ1) is 61.0.